The highest BCUT2D eigenvalue weighted by Crippen LogP contribution is 2.23. The predicted molar refractivity (Wildman–Crippen MR) is 190 cm³/mol. The molecule has 1 heterocycles. The zero-order chi connectivity index (χ0) is 33.7. The molecule has 2 amide bonds. The van der Waals surface area contributed by atoms with Crippen LogP contribution in [0.3, 0.4) is 0 Å². The first-order chi connectivity index (χ1) is 21.4. The van der Waals surface area contributed by atoms with Crippen LogP contribution in [0.2, 0.25) is 0 Å². The lowest BCUT2D eigenvalue weighted by atomic mass is 9.86. The molecule has 1 aliphatic rings. The van der Waals surface area contributed by atoms with Crippen LogP contribution < -0.4 is 16.0 Å². The Hall–Kier alpha value is -2.69. The summed E-state index contributed by atoms with van der Waals surface area (Å²) in [5.41, 5.74) is 0.486. The Morgan fingerprint density at radius 3 is 2.53 bits per heavy atom. The van der Waals surface area contributed by atoms with E-state index in [9.17, 15) is 14.4 Å². The minimum Gasteiger partial charge on any atom is -0.490 e. The van der Waals surface area contributed by atoms with Gasteiger partial charge in [0.15, 0.2) is 5.76 Å². The van der Waals surface area contributed by atoms with E-state index in [-0.39, 0.29) is 29.6 Å². The van der Waals surface area contributed by atoms with Crippen molar-refractivity contribution in [2.45, 2.75) is 79.4 Å². The monoisotopic (exact) mass is 661 g/mol. The third kappa shape index (κ3) is 17.6. The molecular weight excluding hydrogens is 607 g/mol. The molecule has 2 unspecified atom stereocenters. The van der Waals surface area contributed by atoms with Gasteiger partial charge in [-0.15, -0.1) is 0 Å². The number of esters is 1. The van der Waals surface area contributed by atoms with Gasteiger partial charge in [-0.25, -0.2) is 4.79 Å². The van der Waals surface area contributed by atoms with Crippen LogP contribution in [-0.2, 0) is 23.9 Å². The van der Waals surface area contributed by atoms with Gasteiger partial charge in [0.1, 0.15) is 12.1 Å². The highest BCUT2D eigenvalue weighted by molar-refractivity contribution is 8.76. The molecule has 0 aliphatic carbocycles. The molecule has 4 atom stereocenters. The summed E-state index contributed by atoms with van der Waals surface area (Å²) in [5, 5.41) is 9.27. The molecular formula is C35H55N3O5S2. The maximum atomic E-state index is 13.1. The van der Waals surface area contributed by atoms with E-state index in [2.05, 4.69) is 34.4 Å². The molecule has 10 heteroatoms. The van der Waals surface area contributed by atoms with Crippen LogP contribution >= 0.6 is 21.6 Å². The molecule has 0 aromatic rings. The SMILES string of the molecule is C/C=C\CC(C/C=C\NC(=O)[C@@H](NC(=O)\C=C/C=C\C(C)=C\[C@H](C)C1CC=C(OC)C(=O)O1)C(C)(C)C)CNCCCSSC. The van der Waals surface area contributed by atoms with Crippen molar-refractivity contribution in [3.05, 3.63) is 72.2 Å². The molecule has 0 bridgehead atoms. The van der Waals surface area contributed by atoms with Gasteiger partial charge in [0, 0.05) is 24.2 Å². The van der Waals surface area contributed by atoms with Crippen molar-refractivity contribution in [2.24, 2.45) is 17.3 Å². The highest BCUT2D eigenvalue weighted by atomic mass is 33.1. The van der Waals surface area contributed by atoms with E-state index < -0.39 is 17.4 Å². The van der Waals surface area contributed by atoms with Crippen molar-refractivity contribution in [3.63, 3.8) is 0 Å². The van der Waals surface area contributed by atoms with Gasteiger partial charge in [-0.3, -0.25) is 9.59 Å². The van der Waals surface area contributed by atoms with Gasteiger partial charge in [0.25, 0.3) is 0 Å². The number of methoxy groups -OCH3 is 1. The lowest BCUT2D eigenvalue weighted by Gasteiger charge is -2.29. The highest BCUT2D eigenvalue weighted by Gasteiger charge is 2.32. The molecule has 0 aromatic heterocycles. The van der Waals surface area contributed by atoms with E-state index in [1.165, 1.54) is 13.2 Å². The van der Waals surface area contributed by atoms with Crippen molar-refractivity contribution >= 4 is 39.4 Å². The zero-order valence-corrected chi connectivity index (χ0v) is 30.0. The van der Waals surface area contributed by atoms with Crippen LogP contribution in [0.15, 0.2) is 72.2 Å². The number of nitrogens with one attached hydrogen (secondary N) is 3. The molecule has 0 saturated heterocycles. The fourth-order valence-electron chi connectivity index (χ4n) is 4.55. The molecule has 45 heavy (non-hydrogen) atoms. The van der Waals surface area contributed by atoms with Crippen LogP contribution in [0.5, 0.6) is 0 Å². The first kappa shape index (κ1) is 40.3. The Morgan fingerprint density at radius 2 is 1.89 bits per heavy atom. The molecule has 8 nitrogen and oxygen atoms in total. The van der Waals surface area contributed by atoms with Crippen LogP contribution in [0.4, 0.5) is 0 Å². The summed E-state index contributed by atoms with van der Waals surface area (Å²) >= 11 is 0. The Morgan fingerprint density at radius 1 is 1.18 bits per heavy atom. The average molecular weight is 662 g/mol. The second-order valence-electron chi connectivity index (χ2n) is 12.1. The number of carbonyl (C=O) groups excluding carboxylic acids is 3. The maximum absolute atomic E-state index is 13.1. The van der Waals surface area contributed by atoms with Gasteiger partial charge in [-0.1, -0.05) is 97.4 Å². The normalized spacial score (nSPS) is 18.3. The summed E-state index contributed by atoms with van der Waals surface area (Å²) in [7, 11) is 5.14. The van der Waals surface area contributed by atoms with Crippen molar-refractivity contribution in [1.82, 2.24) is 16.0 Å². The molecule has 252 valence electrons. The first-order valence-corrected chi connectivity index (χ1v) is 18.4. The standard InChI is InChI=1S/C35H55N3O5S2/c1-9-10-16-28(25-36-21-14-23-45-44-8)17-13-22-37-33(40)32(35(4,5)6)38-31(39)18-12-11-15-26(2)24-27(3)29-19-20-30(42-7)34(41)43-29/h9-13,15,18,20,22,24,27-29,32,36H,14,16-17,19,21,23,25H2,1-8H3,(H,37,40)(H,38,39)/b10-9-,15-11-,18-12-,22-13-,26-24+/t27-,28?,29?,32+/m0/s1. The molecule has 0 radical (unpaired) electrons. The van der Waals surface area contributed by atoms with Crippen LogP contribution in [0.25, 0.3) is 0 Å². The molecule has 0 aromatic carbocycles. The van der Waals surface area contributed by atoms with Crippen LogP contribution in [0, 0.1) is 17.3 Å². The van der Waals surface area contributed by atoms with Crippen molar-refractivity contribution in [2.75, 3.05) is 32.2 Å². The molecule has 1 aliphatic heterocycles. The molecule has 0 spiro atoms. The van der Waals surface area contributed by atoms with E-state index >= 15 is 0 Å². The third-order valence-electron chi connectivity index (χ3n) is 7.11. The van der Waals surface area contributed by atoms with E-state index in [0.29, 0.717) is 12.3 Å². The molecule has 0 fully saturated rings. The molecule has 1 rings (SSSR count). The van der Waals surface area contributed by atoms with Crippen molar-refractivity contribution < 1.29 is 23.9 Å². The number of hydrogen-bond donors (Lipinski definition) is 3. The minimum absolute atomic E-state index is 0.00951. The number of amides is 2. The second kappa shape index (κ2) is 22.8. The fraction of sp³-hybridized carbons (Fsp3) is 0.571. The minimum atomic E-state index is -0.712. The van der Waals surface area contributed by atoms with Gasteiger partial charge < -0.3 is 25.4 Å². The lowest BCUT2D eigenvalue weighted by molar-refractivity contribution is -0.151. The summed E-state index contributed by atoms with van der Waals surface area (Å²) < 4.78 is 10.5. The number of ether oxygens (including phenoxy) is 2. The van der Waals surface area contributed by atoms with E-state index in [0.717, 1.165) is 43.7 Å². The zero-order valence-electron chi connectivity index (χ0n) is 28.4. The maximum Gasteiger partial charge on any atom is 0.373 e. The van der Waals surface area contributed by atoms with Crippen LogP contribution in [-0.4, -0.2) is 62.1 Å². The van der Waals surface area contributed by atoms with Gasteiger partial charge >= 0.3 is 5.97 Å². The quantitative estimate of drug-likeness (QED) is 0.0333. The van der Waals surface area contributed by atoms with Gasteiger partial charge in [0.2, 0.25) is 11.8 Å². The number of carbonyl (C=O) groups is 3. The number of hydrogen-bond acceptors (Lipinski definition) is 8. The first-order valence-electron chi connectivity index (χ1n) is 15.6. The topological polar surface area (TPSA) is 106 Å². The van der Waals surface area contributed by atoms with Gasteiger partial charge in [-0.05, 0) is 76.1 Å². The van der Waals surface area contributed by atoms with E-state index in [1.807, 2.05) is 70.6 Å². The summed E-state index contributed by atoms with van der Waals surface area (Å²) in [5.74, 6) is 0.779. The smallest absolute Gasteiger partial charge is 0.373 e. The van der Waals surface area contributed by atoms with Crippen molar-refractivity contribution in [3.8, 4) is 0 Å². The summed E-state index contributed by atoms with van der Waals surface area (Å²) in [6.07, 6.45) is 23.8. The van der Waals surface area contributed by atoms with Gasteiger partial charge in [0.05, 0.1) is 7.11 Å². The number of cyclic esters (lactones) is 1. The van der Waals surface area contributed by atoms with Crippen LogP contribution in [0.1, 0.15) is 67.2 Å². The van der Waals surface area contributed by atoms with Gasteiger partial charge in [-0.2, -0.15) is 0 Å². The molecule has 3 N–H and O–H groups in total. The fourth-order valence-corrected chi connectivity index (χ4v) is 5.84. The van der Waals surface area contributed by atoms with E-state index in [1.54, 1.807) is 35.2 Å². The summed E-state index contributed by atoms with van der Waals surface area (Å²) in [6.45, 7) is 13.7. The number of rotatable bonds is 20. The lowest BCUT2D eigenvalue weighted by Crippen LogP contribution is -2.52. The summed E-state index contributed by atoms with van der Waals surface area (Å²) in [4.78, 5) is 37.7. The number of allylic oxidation sites excluding steroid dienone is 7. The predicted octanol–water partition coefficient (Wildman–Crippen LogP) is 6.65. The summed E-state index contributed by atoms with van der Waals surface area (Å²) in [6, 6.07) is -0.712. The van der Waals surface area contributed by atoms with E-state index in [4.69, 9.17) is 9.47 Å². The Bertz CT molecular complexity index is 1110. The Balaban J connectivity index is 2.63. The van der Waals surface area contributed by atoms with Crippen molar-refractivity contribution in [1.29, 1.82) is 0 Å². The third-order valence-corrected chi connectivity index (χ3v) is 9.01. The Labute approximate surface area is 279 Å². The Kier molecular flexibility index (Phi) is 20.4. The average Bonchev–Trinajstić information content (AvgIpc) is 2.99. The molecule has 0 saturated carbocycles. The second-order valence-corrected chi connectivity index (χ2v) is 14.8. The largest absolute Gasteiger partial charge is 0.490 e.